The lowest BCUT2D eigenvalue weighted by Gasteiger charge is -2.32. The molecule has 0 aromatic heterocycles. The summed E-state index contributed by atoms with van der Waals surface area (Å²) >= 11 is 3.57. The van der Waals surface area contributed by atoms with Crippen molar-refractivity contribution < 1.29 is 9.84 Å². The van der Waals surface area contributed by atoms with Gasteiger partial charge in [-0.2, -0.15) is 0 Å². The highest BCUT2D eigenvalue weighted by Gasteiger charge is 2.32. The Balaban J connectivity index is 2.21. The van der Waals surface area contributed by atoms with Crippen LogP contribution in [0, 0.1) is 5.92 Å². The third-order valence-corrected chi connectivity index (χ3v) is 4.78. The fourth-order valence-electron chi connectivity index (χ4n) is 2.62. The normalized spacial score (nSPS) is 17.9. The first-order chi connectivity index (χ1) is 9.54. The van der Waals surface area contributed by atoms with Crippen molar-refractivity contribution in [3.05, 3.63) is 28.2 Å². The summed E-state index contributed by atoms with van der Waals surface area (Å²) in [5.41, 5.74) is 2.12. The van der Waals surface area contributed by atoms with Crippen molar-refractivity contribution in [1.82, 2.24) is 0 Å². The molecule has 20 heavy (non-hydrogen) atoms. The van der Waals surface area contributed by atoms with E-state index in [4.69, 9.17) is 4.74 Å². The Kier molecular flexibility index (Phi) is 5.47. The van der Waals surface area contributed by atoms with Gasteiger partial charge < -0.3 is 14.7 Å². The number of halogens is 1. The second kappa shape index (κ2) is 6.92. The number of hydrogen-bond donors (Lipinski definition) is 1. The van der Waals surface area contributed by atoms with Gasteiger partial charge in [-0.25, -0.2) is 0 Å². The zero-order valence-electron chi connectivity index (χ0n) is 12.5. The van der Waals surface area contributed by atoms with E-state index < -0.39 is 6.10 Å². The van der Waals surface area contributed by atoms with Gasteiger partial charge in [0.1, 0.15) is 0 Å². The van der Waals surface area contributed by atoms with Crippen molar-refractivity contribution in [2.75, 3.05) is 25.2 Å². The molecule has 4 heteroatoms. The lowest BCUT2D eigenvalue weighted by Crippen LogP contribution is -2.37. The number of hydrogen-bond acceptors (Lipinski definition) is 3. The van der Waals surface area contributed by atoms with Crippen molar-refractivity contribution in [3.63, 3.8) is 0 Å². The second-order valence-corrected chi connectivity index (χ2v) is 6.50. The van der Waals surface area contributed by atoms with Crippen LogP contribution in [0.25, 0.3) is 0 Å². The molecule has 1 aliphatic carbocycles. The zero-order valence-corrected chi connectivity index (χ0v) is 14.1. The number of ether oxygens (including phenoxy) is 1. The Hall–Kier alpha value is -0.580. The standard InChI is InChI=1S/C16H24BrNO2/c1-11(13-4-5-13)18(8-9-20-3)14-6-7-15(12(2)19)16(17)10-14/h6-7,10-13,19H,4-5,8-9H2,1-3H3. The Morgan fingerprint density at radius 1 is 1.40 bits per heavy atom. The molecular weight excluding hydrogens is 318 g/mol. The van der Waals surface area contributed by atoms with Crippen molar-refractivity contribution in [2.24, 2.45) is 5.92 Å². The molecule has 2 rings (SSSR count). The summed E-state index contributed by atoms with van der Waals surface area (Å²) in [6, 6.07) is 6.75. The number of aliphatic hydroxyl groups is 1. The highest BCUT2D eigenvalue weighted by molar-refractivity contribution is 9.10. The van der Waals surface area contributed by atoms with E-state index in [0.717, 1.165) is 29.1 Å². The first kappa shape index (κ1) is 15.8. The molecule has 2 atom stereocenters. The molecule has 0 radical (unpaired) electrons. The molecule has 0 saturated heterocycles. The van der Waals surface area contributed by atoms with E-state index in [1.54, 1.807) is 14.0 Å². The van der Waals surface area contributed by atoms with Crippen LogP contribution in [0.3, 0.4) is 0 Å². The molecule has 0 heterocycles. The van der Waals surface area contributed by atoms with Crippen LogP contribution in [-0.2, 0) is 4.74 Å². The number of nitrogens with zero attached hydrogens (tertiary/aromatic N) is 1. The van der Waals surface area contributed by atoms with Crippen LogP contribution in [0.5, 0.6) is 0 Å². The molecule has 1 saturated carbocycles. The first-order valence-corrected chi connectivity index (χ1v) is 8.07. The predicted octanol–water partition coefficient (Wildman–Crippen LogP) is 3.75. The Bertz CT molecular complexity index is 446. The minimum atomic E-state index is -0.452. The average molecular weight is 342 g/mol. The Morgan fingerprint density at radius 2 is 2.10 bits per heavy atom. The molecule has 2 unspecified atom stereocenters. The second-order valence-electron chi connectivity index (χ2n) is 5.65. The summed E-state index contributed by atoms with van der Waals surface area (Å²) in [4.78, 5) is 2.41. The van der Waals surface area contributed by atoms with E-state index in [2.05, 4.69) is 39.9 Å². The quantitative estimate of drug-likeness (QED) is 0.819. The predicted molar refractivity (Wildman–Crippen MR) is 86.2 cm³/mol. The molecule has 3 nitrogen and oxygen atoms in total. The average Bonchev–Trinajstić information content (AvgIpc) is 3.22. The van der Waals surface area contributed by atoms with Gasteiger partial charge in [0.25, 0.3) is 0 Å². The van der Waals surface area contributed by atoms with Gasteiger partial charge in [0.2, 0.25) is 0 Å². The summed E-state index contributed by atoms with van der Waals surface area (Å²) in [5.74, 6) is 0.807. The SMILES string of the molecule is COCCN(c1ccc(C(C)O)c(Br)c1)C(C)C1CC1. The third-order valence-electron chi connectivity index (χ3n) is 4.10. The minimum absolute atomic E-state index is 0.452. The lowest BCUT2D eigenvalue weighted by molar-refractivity contribution is 0.198. The largest absolute Gasteiger partial charge is 0.389 e. The topological polar surface area (TPSA) is 32.7 Å². The number of benzene rings is 1. The molecule has 112 valence electrons. The van der Waals surface area contributed by atoms with E-state index in [0.29, 0.717) is 6.04 Å². The summed E-state index contributed by atoms with van der Waals surface area (Å²) in [5, 5.41) is 9.72. The number of methoxy groups -OCH3 is 1. The fraction of sp³-hybridized carbons (Fsp3) is 0.625. The van der Waals surface area contributed by atoms with Crippen LogP contribution in [0.15, 0.2) is 22.7 Å². The highest BCUT2D eigenvalue weighted by atomic mass is 79.9. The maximum Gasteiger partial charge on any atom is 0.0772 e. The molecule has 1 fully saturated rings. The third kappa shape index (κ3) is 3.74. The molecular formula is C16H24BrNO2. The molecule has 1 aromatic carbocycles. The zero-order chi connectivity index (χ0) is 14.7. The number of aliphatic hydroxyl groups excluding tert-OH is 1. The summed E-state index contributed by atoms with van der Waals surface area (Å²) in [6.07, 6.45) is 2.21. The van der Waals surface area contributed by atoms with E-state index in [9.17, 15) is 5.11 Å². The highest BCUT2D eigenvalue weighted by Crippen LogP contribution is 2.38. The van der Waals surface area contributed by atoms with Gasteiger partial charge >= 0.3 is 0 Å². The van der Waals surface area contributed by atoms with Crippen molar-refractivity contribution >= 4 is 21.6 Å². The van der Waals surface area contributed by atoms with Crippen LogP contribution in [0.1, 0.15) is 38.4 Å². The van der Waals surface area contributed by atoms with Crippen LogP contribution in [0.2, 0.25) is 0 Å². The van der Waals surface area contributed by atoms with E-state index >= 15 is 0 Å². The minimum Gasteiger partial charge on any atom is -0.389 e. The van der Waals surface area contributed by atoms with Crippen molar-refractivity contribution in [2.45, 2.75) is 38.8 Å². The van der Waals surface area contributed by atoms with Gasteiger partial charge in [0.05, 0.1) is 12.7 Å². The van der Waals surface area contributed by atoms with Crippen LogP contribution in [-0.4, -0.2) is 31.4 Å². The van der Waals surface area contributed by atoms with Gasteiger partial charge in [-0.05, 0) is 50.3 Å². The van der Waals surface area contributed by atoms with Crippen LogP contribution in [0.4, 0.5) is 5.69 Å². The Labute approximate surface area is 130 Å². The maximum atomic E-state index is 9.72. The first-order valence-electron chi connectivity index (χ1n) is 7.27. The van der Waals surface area contributed by atoms with E-state index in [1.165, 1.54) is 18.5 Å². The van der Waals surface area contributed by atoms with E-state index in [-0.39, 0.29) is 0 Å². The van der Waals surface area contributed by atoms with Gasteiger partial charge in [-0.3, -0.25) is 0 Å². The lowest BCUT2D eigenvalue weighted by atomic mass is 10.1. The van der Waals surface area contributed by atoms with Crippen LogP contribution >= 0.6 is 15.9 Å². The van der Waals surface area contributed by atoms with Crippen LogP contribution < -0.4 is 4.90 Å². The van der Waals surface area contributed by atoms with E-state index in [1.807, 2.05) is 6.07 Å². The molecule has 0 amide bonds. The van der Waals surface area contributed by atoms with Crippen molar-refractivity contribution in [1.29, 1.82) is 0 Å². The number of rotatable bonds is 7. The molecule has 1 N–H and O–H groups in total. The summed E-state index contributed by atoms with van der Waals surface area (Å²) < 4.78 is 6.21. The van der Waals surface area contributed by atoms with Crippen molar-refractivity contribution in [3.8, 4) is 0 Å². The molecule has 0 aliphatic heterocycles. The monoisotopic (exact) mass is 341 g/mol. The molecule has 1 aromatic rings. The molecule has 0 bridgehead atoms. The van der Waals surface area contributed by atoms with Gasteiger partial charge in [-0.15, -0.1) is 0 Å². The smallest absolute Gasteiger partial charge is 0.0772 e. The fourth-order valence-corrected chi connectivity index (χ4v) is 3.32. The summed E-state index contributed by atoms with van der Waals surface area (Å²) in [6.45, 7) is 5.71. The summed E-state index contributed by atoms with van der Waals surface area (Å²) in [7, 11) is 1.74. The van der Waals surface area contributed by atoms with Gasteiger partial charge in [0, 0.05) is 29.9 Å². The molecule has 1 aliphatic rings. The maximum absolute atomic E-state index is 9.72. The molecule has 0 spiro atoms. The number of anilines is 1. The Morgan fingerprint density at radius 3 is 2.60 bits per heavy atom. The van der Waals surface area contributed by atoms with Gasteiger partial charge in [-0.1, -0.05) is 22.0 Å². The van der Waals surface area contributed by atoms with Gasteiger partial charge in [0.15, 0.2) is 0 Å².